The monoisotopic (exact) mass is 326 g/mol. The number of rotatable bonds is 4. The van der Waals surface area contributed by atoms with E-state index in [2.05, 4.69) is 32.7 Å². The van der Waals surface area contributed by atoms with Crippen molar-refractivity contribution in [3.05, 3.63) is 71.4 Å². The van der Waals surface area contributed by atoms with E-state index in [9.17, 15) is 5.26 Å². The minimum atomic E-state index is 0.390. The Morgan fingerprint density at radius 1 is 0.880 bits per heavy atom. The summed E-state index contributed by atoms with van der Waals surface area (Å²) < 4.78 is 0. The standard InChI is InChI=1S/C19H14N6/c1-13-9-18(23-16-7-4-5-14(10-16)11-20)25-19(22-13)24-17-8-3-2-6-15(17)12-21/h2-10H,1H3,(H2,22,23,24,25). The molecule has 0 saturated heterocycles. The third kappa shape index (κ3) is 3.90. The molecular weight excluding hydrogens is 312 g/mol. The molecule has 25 heavy (non-hydrogen) atoms. The molecule has 0 aliphatic heterocycles. The quantitative estimate of drug-likeness (QED) is 0.751. The molecule has 0 unspecified atom stereocenters. The number of para-hydroxylation sites is 1. The first-order valence-electron chi connectivity index (χ1n) is 7.57. The summed E-state index contributed by atoms with van der Waals surface area (Å²) in [5.41, 5.74) is 3.26. The van der Waals surface area contributed by atoms with Crippen molar-refractivity contribution < 1.29 is 0 Å². The van der Waals surface area contributed by atoms with E-state index in [1.54, 1.807) is 42.5 Å². The van der Waals surface area contributed by atoms with Crippen molar-refractivity contribution in [2.45, 2.75) is 6.92 Å². The Morgan fingerprint density at radius 2 is 1.72 bits per heavy atom. The van der Waals surface area contributed by atoms with Crippen molar-refractivity contribution in [1.29, 1.82) is 10.5 Å². The number of nitrogens with zero attached hydrogens (tertiary/aromatic N) is 4. The maximum atomic E-state index is 9.18. The molecule has 6 heteroatoms. The molecule has 120 valence electrons. The van der Waals surface area contributed by atoms with Gasteiger partial charge in [-0.15, -0.1) is 0 Å². The lowest BCUT2D eigenvalue weighted by atomic mass is 10.2. The van der Waals surface area contributed by atoms with E-state index >= 15 is 0 Å². The van der Waals surface area contributed by atoms with Gasteiger partial charge >= 0.3 is 0 Å². The van der Waals surface area contributed by atoms with Crippen LogP contribution in [0.3, 0.4) is 0 Å². The Labute approximate surface area is 145 Å². The number of hydrogen-bond acceptors (Lipinski definition) is 6. The summed E-state index contributed by atoms with van der Waals surface area (Å²) in [6.45, 7) is 1.86. The van der Waals surface area contributed by atoms with E-state index in [0.29, 0.717) is 28.6 Å². The molecule has 0 fully saturated rings. The van der Waals surface area contributed by atoms with Crippen molar-refractivity contribution in [3.8, 4) is 12.1 Å². The lowest BCUT2D eigenvalue weighted by molar-refractivity contribution is 1.11. The van der Waals surface area contributed by atoms with Crippen molar-refractivity contribution in [1.82, 2.24) is 9.97 Å². The number of nitriles is 2. The summed E-state index contributed by atoms with van der Waals surface area (Å²) in [4.78, 5) is 8.79. The van der Waals surface area contributed by atoms with E-state index in [4.69, 9.17) is 5.26 Å². The number of hydrogen-bond donors (Lipinski definition) is 2. The summed E-state index contributed by atoms with van der Waals surface area (Å²) in [6.07, 6.45) is 0. The fourth-order valence-corrected chi connectivity index (χ4v) is 2.31. The highest BCUT2D eigenvalue weighted by Crippen LogP contribution is 2.21. The molecule has 3 rings (SSSR count). The first-order chi connectivity index (χ1) is 12.2. The molecule has 0 aliphatic rings. The molecule has 2 aromatic carbocycles. The summed E-state index contributed by atoms with van der Waals surface area (Å²) in [5, 5.41) is 24.4. The van der Waals surface area contributed by atoms with Gasteiger partial charge in [0.1, 0.15) is 11.9 Å². The zero-order valence-electron chi connectivity index (χ0n) is 13.5. The molecule has 2 N–H and O–H groups in total. The smallest absolute Gasteiger partial charge is 0.229 e. The van der Waals surface area contributed by atoms with E-state index in [1.165, 1.54) is 0 Å². The van der Waals surface area contributed by atoms with Crippen LogP contribution in [0.4, 0.5) is 23.1 Å². The summed E-state index contributed by atoms with van der Waals surface area (Å²) >= 11 is 0. The summed E-state index contributed by atoms with van der Waals surface area (Å²) in [5.74, 6) is 0.987. The lowest BCUT2D eigenvalue weighted by Crippen LogP contribution is -2.03. The molecule has 3 aromatic rings. The van der Waals surface area contributed by atoms with E-state index in [-0.39, 0.29) is 0 Å². The van der Waals surface area contributed by atoms with Crippen LogP contribution in [0.25, 0.3) is 0 Å². The van der Waals surface area contributed by atoms with Crippen molar-refractivity contribution in [2.24, 2.45) is 0 Å². The van der Waals surface area contributed by atoms with Gasteiger partial charge in [-0.3, -0.25) is 0 Å². The molecule has 0 saturated carbocycles. The number of benzene rings is 2. The first-order valence-corrected chi connectivity index (χ1v) is 7.57. The molecule has 1 aromatic heterocycles. The highest BCUT2D eigenvalue weighted by atomic mass is 15.1. The third-order valence-corrected chi connectivity index (χ3v) is 3.41. The van der Waals surface area contributed by atoms with Gasteiger partial charge < -0.3 is 10.6 Å². The minimum Gasteiger partial charge on any atom is -0.340 e. The topological polar surface area (TPSA) is 97.4 Å². The molecular formula is C19H14N6. The van der Waals surface area contributed by atoms with Crippen LogP contribution in [0.5, 0.6) is 0 Å². The third-order valence-electron chi connectivity index (χ3n) is 3.41. The van der Waals surface area contributed by atoms with Crippen LogP contribution in [-0.2, 0) is 0 Å². The maximum absolute atomic E-state index is 9.18. The molecule has 0 radical (unpaired) electrons. The van der Waals surface area contributed by atoms with Gasteiger partial charge in [-0.05, 0) is 37.3 Å². The van der Waals surface area contributed by atoms with Gasteiger partial charge in [0.2, 0.25) is 5.95 Å². The van der Waals surface area contributed by atoms with Crippen LogP contribution >= 0.6 is 0 Å². The van der Waals surface area contributed by atoms with E-state index in [1.807, 2.05) is 19.1 Å². The second-order valence-corrected chi connectivity index (χ2v) is 5.32. The SMILES string of the molecule is Cc1cc(Nc2cccc(C#N)c2)nc(Nc2ccccc2C#N)n1. The molecule has 0 aliphatic carbocycles. The minimum absolute atomic E-state index is 0.390. The predicted octanol–water partition coefficient (Wildman–Crippen LogP) is 4.02. The predicted molar refractivity (Wildman–Crippen MR) is 95.6 cm³/mol. The van der Waals surface area contributed by atoms with Crippen LogP contribution < -0.4 is 10.6 Å². The molecule has 1 heterocycles. The van der Waals surface area contributed by atoms with Crippen molar-refractivity contribution >= 4 is 23.1 Å². The number of nitrogens with one attached hydrogen (secondary N) is 2. The fraction of sp³-hybridized carbons (Fsp3) is 0.0526. The van der Waals surface area contributed by atoms with Crippen molar-refractivity contribution in [2.75, 3.05) is 10.6 Å². The second kappa shape index (κ2) is 7.12. The second-order valence-electron chi connectivity index (χ2n) is 5.32. The maximum Gasteiger partial charge on any atom is 0.229 e. The lowest BCUT2D eigenvalue weighted by Gasteiger charge is -2.11. The van der Waals surface area contributed by atoms with Gasteiger partial charge in [0.05, 0.1) is 22.9 Å². The van der Waals surface area contributed by atoms with E-state index < -0.39 is 0 Å². The Balaban J connectivity index is 1.88. The fourth-order valence-electron chi connectivity index (χ4n) is 2.31. The molecule has 6 nitrogen and oxygen atoms in total. The molecule has 0 bridgehead atoms. The molecule has 0 amide bonds. The highest BCUT2D eigenvalue weighted by Gasteiger charge is 2.06. The largest absolute Gasteiger partial charge is 0.340 e. The Bertz CT molecular complexity index is 997. The average molecular weight is 326 g/mol. The molecule has 0 spiro atoms. The zero-order valence-corrected chi connectivity index (χ0v) is 13.5. The van der Waals surface area contributed by atoms with Gasteiger partial charge in [-0.25, -0.2) is 4.98 Å². The normalized spacial score (nSPS) is 9.72. The van der Waals surface area contributed by atoms with Gasteiger partial charge in [0.25, 0.3) is 0 Å². The van der Waals surface area contributed by atoms with Gasteiger partial charge in [-0.1, -0.05) is 18.2 Å². The first kappa shape index (κ1) is 16.0. The van der Waals surface area contributed by atoms with Crippen LogP contribution in [0.15, 0.2) is 54.6 Å². The van der Waals surface area contributed by atoms with Gasteiger partial charge in [-0.2, -0.15) is 15.5 Å². The van der Waals surface area contributed by atoms with Crippen LogP contribution in [0, 0.1) is 29.6 Å². The van der Waals surface area contributed by atoms with Crippen molar-refractivity contribution in [3.63, 3.8) is 0 Å². The van der Waals surface area contributed by atoms with Crippen LogP contribution in [0.2, 0.25) is 0 Å². The summed E-state index contributed by atoms with van der Waals surface area (Å²) in [6, 6.07) is 20.4. The number of aromatic nitrogens is 2. The summed E-state index contributed by atoms with van der Waals surface area (Å²) in [7, 11) is 0. The van der Waals surface area contributed by atoms with Crippen LogP contribution in [0.1, 0.15) is 16.8 Å². The Kier molecular flexibility index (Phi) is 4.55. The zero-order chi connectivity index (χ0) is 17.6. The van der Waals surface area contributed by atoms with Gasteiger partial charge in [0.15, 0.2) is 0 Å². The molecule has 0 atom stereocenters. The van der Waals surface area contributed by atoms with E-state index in [0.717, 1.165) is 11.4 Å². The number of anilines is 4. The average Bonchev–Trinajstić information content (AvgIpc) is 2.62. The van der Waals surface area contributed by atoms with Crippen LogP contribution in [-0.4, -0.2) is 9.97 Å². The number of aryl methyl sites for hydroxylation is 1. The highest BCUT2D eigenvalue weighted by molar-refractivity contribution is 5.65. The van der Waals surface area contributed by atoms with Gasteiger partial charge in [0, 0.05) is 17.4 Å². The Hall–Kier alpha value is -3.90. The Morgan fingerprint density at radius 3 is 2.52 bits per heavy atom.